The third-order valence-corrected chi connectivity index (χ3v) is 4.28. The number of anilines is 1. The molecule has 1 fully saturated rings. The Bertz CT molecular complexity index is 536. The summed E-state index contributed by atoms with van der Waals surface area (Å²) in [5, 5.41) is 5.13. The van der Waals surface area contributed by atoms with Gasteiger partial charge >= 0.3 is 11.8 Å². The molecule has 0 spiro atoms. The smallest absolute Gasteiger partial charge is 0.309 e. The van der Waals surface area contributed by atoms with E-state index in [9.17, 15) is 9.59 Å². The second kappa shape index (κ2) is 9.27. The van der Waals surface area contributed by atoms with Gasteiger partial charge in [-0.05, 0) is 44.5 Å². The quantitative estimate of drug-likeness (QED) is 0.592. The van der Waals surface area contributed by atoms with Crippen molar-refractivity contribution in [2.24, 2.45) is 0 Å². The number of piperazine rings is 1. The molecule has 1 aliphatic heterocycles. The van der Waals surface area contributed by atoms with E-state index in [0.29, 0.717) is 13.1 Å². The summed E-state index contributed by atoms with van der Waals surface area (Å²) in [5.41, 5.74) is 2.52. The fourth-order valence-electron chi connectivity index (χ4n) is 2.75. The number of aryl methyl sites for hydroxylation is 1. The topological polar surface area (TPSA) is 64.7 Å². The van der Waals surface area contributed by atoms with E-state index in [-0.39, 0.29) is 0 Å². The fraction of sp³-hybridized carbons (Fsp3) is 0.556. The lowest BCUT2D eigenvalue weighted by molar-refractivity contribution is -0.139. The summed E-state index contributed by atoms with van der Waals surface area (Å²) in [6.45, 7) is 7.11. The average Bonchev–Trinajstić information content (AvgIpc) is 2.60. The first-order valence-electron chi connectivity index (χ1n) is 8.68. The van der Waals surface area contributed by atoms with Gasteiger partial charge in [0.25, 0.3) is 0 Å². The molecule has 2 amide bonds. The minimum absolute atomic E-state index is 0.464. The largest absolute Gasteiger partial charge is 0.369 e. The molecule has 6 heteroatoms. The number of rotatable bonds is 6. The van der Waals surface area contributed by atoms with Gasteiger partial charge in [0.1, 0.15) is 0 Å². The number of benzene rings is 1. The number of likely N-dealkylation sites (N-methyl/N-ethyl adjacent to an activating group) is 2. The van der Waals surface area contributed by atoms with E-state index in [1.54, 1.807) is 6.92 Å². The van der Waals surface area contributed by atoms with Crippen LogP contribution in [-0.4, -0.2) is 63.0 Å². The molecule has 0 bridgehead atoms. The summed E-state index contributed by atoms with van der Waals surface area (Å²) in [4.78, 5) is 27.5. The van der Waals surface area contributed by atoms with Gasteiger partial charge in [-0.2, -0.15) is 0 Å². The molecule has 0 atom stereocenters. The van der Waals surface area contributed by atoms with Gasteiger partial charge in [0.2, 0.25) is 0 Å². The minimum Gasteiger partial charge on any atom is -0.369 e. The highest BCUT2D eigenvalue weighted by Crippen LogP contribution is 2.17. The first-order valence-corrected chi connectivity index (χ1v) is 8.68. The molecule has 1 aliphatic rings. The lowest BCUT2D eigenvalue weighted by Crippen LogP contribution is -2.44. The number of hydrogen-bond donors (Lipinski definition) is 2. The molecule has 1 heterocycles. The Hall–Kier alpha value is -2.08. The summed E-state index contributed by atoms with van der Waals surface area (Å²) in [7, 11) is 2.16. The van der Waals surface area contributed by atoms with Gasteiger partial charge in [0, 0.05) is 45.0 Å². The summed E-state index contributed by atoms with van der Waals surface area (Å²) in [6.07, 6.45) is 1.71. The molecule has 2 rings (SSSR count). The molecule has 6 nitrogen and oxygen atoms in total. The molecule has 1 aromatic carbocycles. The Morgan fingerprint density at radius 2 is 1.62 bits per heavy atom. The van der Waals surface area contributed by atoms with Gasteiger partial charge in [-0.3, -0.25) is 9.59 Å². The van der Waals surface area contributed by atoms with Crippen molar-refractivity contribution in [3.63, 3.8) is 0 Å². The molecule has 1 aromatic rings. The standard InChI is InChI=1S/C18H28N4O2/c1-3-19-17(23)18(24)20-10-4-5-15-6-8-16(9-7-15)22-13-11-21(2)12-14-22/h6-9H,3-5,10-14H2,1-2H3,(H,19,23)(H,20,24). The molecular formula is C18H28N4O2. The van der Waals surface area contributed by atoms with Gasteiger partial charge in [-0.15, -0.1) is 0 Å². The zero-order valence-corrected chi connectivity index (χ0v) is 14.7. The normalized spacial score (nSPS) is 15.2. The van der Waals surface area contributed by atoms with Crippen LogP contribution in [0.25, 0.3) is 0 Å². The third kappa shape index (κ3) is 5.53. The van der Waals surface area contributed by atoms with Crippen LogP contribution in [-0.2, 0) is 16.0 Å². The average molecular weight is 332 g/mol. The van der Waals surface area contributed by atoms with Crippen molar-refractivity contribution in [3.8, 4) is 0 Å². The van der Waals surface area contributed by atoms with E-state index in [4.69, 9.17) is 0 Å². The zero-order valence-electron chi connectivity index (χ0n) is 14.7. The highest BCUT2D eigenvalue weighted by molar-refractivity contribution is 6.35. The molecular weight excluding hydrogens is 304 g/mol. The van der Waals surface area contributed by atoms with Crippen molar-refractivity contribution in [2.45, 2.75) is 19.8 Å². The van der Waals surface area contributed by atoms with Crippen LogP contribution in [0.2, 0.25) is 0 Å². The maximum absolute atomic E-state index is 11.5. The van der Waals surface area contributed by atoms with Crippen molar-refractivity contribution >= 4 is 17.5 Å². The SMILES string of the molecule is CCNC(=O)C(=O)NCCCc1ccc(N2CCN(C)CC2)cc1. The monoisotopic (exact) mass is 332 g/mol. The number of hydrogen-bond acceptors (Lipinski definition) is 4. The van der Waals surface area contributed by atoms with Crippen LogP contribution < -0.4 is 15.5 Å². The highest BCUT2D eigenvalue weighted by atomic mass is 16.2. The Balaban J connectivity index is 1.70. The molecule has 0 radical (unpaired) electrons. The second-order valence-corrected chi connectivity index (χ2v) is 6.18. The van der Waals surface area contributed by atoms with Gasteiger partial charge in [0.15, 0.2) is 0 Å². The van der Waals surface area contributed by atoms with Gasteiger partial charge in [-0.25, -0.2) is 0 Å². The molecule has 1 saturated heterocycles. The van der Waals surface area contributed by atoms with Crippen LogP contribution in [0.3, 0.4) is 0 Å². The summed E-state index contributed by atoms with van der Waals surface area (Å²) < 4.78 is 0. The lowest BCUT2D eigenvalue weighted by Gasteiger charge is -2.34. The van der Waals surface area contributed by atoms with Crippen molar-refractivity contribution in [2.75, 3.05) is 51.2 Å². The Kier molecular flexibility index (Phi) is 7.06. The van der Waals surface area contributed by atoms with E-state index in [2.05, 4.69) is 51.7 Å². The molecule has 0 saturated carbocycles. The second-order valence-electron chi connectivity index (χ2n) is 6.18. The Morgan fingerprint density at radius 3 is 2.25 bits per heavy atom. The van der Waals surface area contributed by atoms with Crippen molar-refractivity contribution < 1.29 is 9.59 Å². The van der Waals surface area contributed by atoms with E-state index in [1.165, 1.54) is 11.3 Å². The van der Waals surface area contributed by atoms with E-state index < -0.39 is 11.8 Å². The Morgan fingerprint density at radius 1 is 1.00 bits per heavy atom. The third-order valence-electron chi connectivity index (χ3n) is 4.28. The predicted octanol–water partition coefficient (Wildman–Crippen LogP) is 0.623. The van der Waals surface area contributed by atoms with Crippen molar-refractivity contribution in [1.82, 2.24) is 15.5 Å². The van der Waals surface area contributed by atoms with E-state index >= 15 is 0 Å². The fourth-order valence-corrected chi connectivity index (χ4v) is 2.75. The zero-order chi connectivity index (χ0) is 17.4. The highest BCUT2D eigenvalue weighted by Gasteiger charge is 2.14. The van der Waals surface area contributed by atoms with Crippen LogP contribution in [0.5, 0.6) is 0 Å². The van der Waals surface area contributed by atoms with E-state index in [1.807, 2.05) is 0 Å². The summed E-state index contributed by atoms with van der Waals surface area (Å²) >= 11 is 0. The van der Waals surface area contributed by atoms with Crippen LogP contribution >= 0.6 is 0 Å². The van der Waals surface area contributed by atoms with Gasteiger partial charge < -0.3 is 20.4 Å². The molecule has 132 valence electrons. The number of nitrogens with zero attached hydrogens (tertiary/aromatic N) is 2. The van der Waals surface area contributed by atoms with Crippen LogP contribution in [0.4, 0.5) is 5.69 Å². The van der Waals surface area contributed by atoms with Crippen LogP contribution in [0.1, 0.15) is 18.9 Å². The molecule has 2 N–H and O–H groups in total. The number of carbonyl (C=O) groups excluding carboxylic acids is 2. The number of amides is 2. The Labute approximate surface area is 144 Å². The molecule has 24 heavy (non-hydrogen) atoms. The van der Waals surface area contributed by atoms with Crippen molar-refractivity contribution in [3.05, 3.63) is 29.8 Å². The van der Waals surface area contributed by atoms with Crippen molar-refractivity contribution in [1.29, 1.82) is 0 Å². The number of carbonyl (C=O) groups is 2. The number of nitrogens with one attached hydrogen (secondary N) is 2. The molecule has 0 aromatic heterocycles. The summed E-state index contributed by atoms with van der Waals surface area (Å²) in [5.74, 6) is -1.11. The lowest BCUT2D eigenvalue weighted by atomic mass is 10.1. The van der Waals surface area contributed by atoms with E-state index in [0.717, 1.165) is 39.0 Å². The van der Waals surface area contributed by atoms with Crippen LogP contribution in [0, 0.1) is 0 Å². The summed E-state index contributed by atoms with van der Waals surface area (Å²) in [6, 6.07) is 8.65. The first-order chi connectivity index (χ1) is 11.6. The maximum atomic E-state index is 11.5. The maximum Gasteiger partial charge on any atom is 0.309 e. The van der Waals surface area contributed by atoms with Gasteiger partial charge in [0.05, 0.1) is 0 Å². The first kappa shape index (κ1) is 18.3. The van der Waals surface area contributed by atoms with Crippen LogP contribution in [0.15, 0.2) is 24.3 Å². The molecule has 0 aliphatic carbocycles. The minimum atomic E-state index is -0.561. The van der Waals surface area contributed by atoms with Gasteiger partial charge in [-0.1, -0.05) is 12.1 Å². The molecule has 0 unspecified atom stereocenters. The predicted molar refractivity (Wildman–Crippen MR) is 96.2 cm³/mol.